The number of nitrogens with two attached hydrogens (primary N) is 1. The predicted molar refractivity (Wildman–Crippen MR) is 67.0 cm³/mol. The van der Waals surface area contributed by atoms with Gasteiger partial charge in [0, 0.05) is 24.7 Å². The molecule has 90 valence electrons. The average Bonchev–Trinajstić information content (AvgIpc) is 2.81. The van der Waals surface area contributed by atoms with Gasteiger partial charge >= 0.3 is 0 Å². The zero-order valence-electron chi connectivity index (χ0n) is 9.78. The van der Waals surface area contributed by atoms with E-state index in [4.69, 9.17) is 5.73 Å². The third-order valence-electron chi connectivity index (χ3n) is 2.92. The van der Waals surface area contributed by atoms with Gasteiger partial charge in [-0.3, -0.25) is 4.79 Å². The third kappa shape index (κ3) is 3.31. The number of amides is 1. The van der Waals surface area contributed by atoms with E-state index in [9.17, 15) is 4.79 Å². The van der Waals surface area contributed by atoms with Crippen LogP contribution in [0.1, 0.15) is 31.2 Å². The van der Waals surface area contributed by atoms with Crippen molar-refractivity contribution in [2.45, 2.75) is 32.2 Å². The first-order valence-corrected chi connectivity index (χ1v) is 5.89. The van der Waals surface area contributed by atoms with E-state index in [1.807, 2.05) is 12.1 Å². The normalized spacial score (nSPS) is 14.5. The van der Waals surface area contributed by atoms with Crippen molar-refractivity contribution in [1.82, 2.24) is 10.3 Å². The van der Waals surface area contributed by atoms with Crippen LogP contribution in [0.5, 0.6) is 0 Å². The molecule has 0 radical (unpaired) electrons. The highest BCUT2D eigenvalue weighted by atomic mass is 16.1. The van der Waals surface area contributed by atoms with Crippen LogP contribution in [-0.4, -0.2) is 10.9 Å². The second-order valence-corrected chi connectivity index (χ2v) is 4.26. The van der Waals surface area contributed by atoms with Gasteiger partial charge in [0.1, 0.15) is 5.82 Å². The highest BCUT2D eigenvalue weighted by molar-refractivity contribution is 5.78. The lowest BCUT2D eigenvalue weighted by molar-refractivity contribution is -0.120. The number of allylic oxidation sites excluding steroid dienone is 1. The first-order valence-electron chi connectivity index (χ1n) is 5.89. The smallest absolute Gasteiger partial charge is 0.224 e. The van der Waals surface area contributed by atoms with Crippen molar-refractivity contribution in [3.8, 4) is 0 Å². The number of aromatic nitrogens is 1. The molecule has 1 amide bonds. The van der Waals surface area contributed by atoms with Crippen molar-refractivity contribution in [2.75, 3.05) is 5.73 Å². The highest BCUT2D eigenvalue weighted by Crippen LogP contribution is 2.20. The summed E-state index contributed by atoms with van der Waals surface area (Å²) in [6.45, 7) is 0.450. The van der Waals surface area contributed by atoms with Gasteiger partial charge in [0.15, 0.2) is 0 Å². The number of anilines is 1. The quantitative estimate of drug-likeness (QED) is 0.776. The fourth-order valence-electron chi connectivity index (χ4n) is 1.96. The van der Waals surface area contributed by atoms with E-state index in [1.54, 1.807) is 6.20 Å². The third-order valence-corrected chi connectivity index (χ3v) is 2.92. The molecule has 1 aromatic heterocycles. The molecule has 0 unspecified atom stereocenters. The van der Waals surface area contributed by atoms with Gasteiger partial charge in [0.05, 0.1) is 0 Å². The summed E-state index contributed by atoms with van der Waals surface area (Å²) in [6.07, 6.45) is 7.67. The van der Waals surface area contributed by atoms with Crippen LogP contribution >= 0.6 is 0 Å². The summed E-state index contributed by atoms with van der Waals surface area (Å²) < 4.78 is 0. The Morgan fingerprint density at radius 1 is 1.53 bits per heavy atom. The second kappa shape index (κ2) is 5.48. The van der Waals surface area contributed by atoms with E-state index in [0.717, 1.165) is 18.4 Å². The predicted octanol–water partition coefficient (Wildman–Crippen LogP) is 1.78. The number of nitrogens with zero attached hydrogens (tertiary/aromatic N) is 1. The molecule has 1 aromatic rings. The number of pyridine rings is 1. The molecule has 4 nitrogen and oxygen atoms in total. The van der Waals surface area contributed by atoms with E-state index in [1.165, 1.54) is 12.0 Å². The van der Waals surface area contributed by atoms with Crippen LogP contribution in [0.2, 0.25) is 0 Å². The molecule has 1 heterocycles. The van der Waals surface area contributed by atoms with Crippen molar-refractivity contribution < 1.29 is 4.79 Å². The Labute approximate surface area is 101 Å². The average molecular weight is 231 g/mol. The molecule has 17 heavy (non-hydrogen) atoms. The van der Waals surface area contributed by atoms with Crippen molar-refractivity contribution in [2.24, 2.45) is 0 Å². The van der Waals surface area contributed by atoms with Crippen molar-refractivity contribution >= 4 is 11.7 Å². The molecule has 3 N–H and O–H groups in total. The largest absolute Gasteiger partial charge is 0.383 e. The van der Waals surface area contributed by atoms with Crippen LogP contribution < -0.4 is 11.1 Å². The van der Waals surface area contributed by atoms with E-state index < -0.39 is 0 Å². The number of carbonyl (C=O) groups is 1. The Morgan fingerprint density at radius 3 is 3.12 bits per heavy atom. The molecule has 1 aliphatic carbocycles. The maximum absolute atomic E-state index is 11.7. The number of hydrogen-bond donors (Lipinski definition) is 2. The zero-order chi connectivity index (χ0) is 12.1. The lowest BCUT2D eigenvalue weighted by atomic mass is 10.1. The van der Waals surface area contributed by atoms with Crippen LogP contribution in [0.15, 0.2) is 30.0 Å². The molecule has 0 aromatic carbocycles. The summed E-state index contributed by atoms with van der Waals surface area (Å²) in [5.41, 5.74) is 7.81. The molecule has 4 heteroatoms. The molecule has 0 bridgehead atoms. The van der Waals surface area contributed by atoms with E-state index in [0.29, 0.717) is 18.8 Å². The maximum atomic E-state index is 11.7. The van der Waals surface area contributed by atoms with Crippen LogP contribution in [0.25, 0.3) is 0 Å². The monoisotopic (exact) mass is 231 g/mol. The van der Waals surface area contributed by atoms with Crippen molar-refractivity contribution in [1.29, 1.82) is 0 Å². The van der Waals surface area contributed by atoms with Crippen molar-refractivity contribution in [3.05, 3.63) is 35.5 Å². The van der Waals surface area contributed by atoms with Gasteiger partial charge in [-0.05, 0) is 25.3 Å². The van der Waals surface area contributed by atoms with Crippen LogP contribution in [0.4, 0.5) is 5.82 Å². The lowest BCUT2D eigenvalue weighted by Gasteiger charge is -2.07. The minimum absolute atomic E-state index is 0.0569. The maximum Gasteiger partial charge on any atom is 0.224 e. The Bertz CT molecular complexity index is 440. The highest BCUT2D eigenvalue weighted by Gasteiger charge is 2.09. The molecule has 0 saturated carbocycles. The fourth-order valence-corrected chi connectivity index (χ4v) is 1.96. The molecule has 1 aliphatic rings. The minimum Gasteiger partial charge on any atom is -0.383 e. The Kier molecular flexibility index (Phi) is 3.75. The molecular weight excluding hydrogens is 214 g/mol. The minimum atomic E-state index is 0.0569. The summed E-state index contributed by atoms with van der Waals surface area (Å²) in [7, 11) is 0. The van der Waals surface area contributed by atoms with Gasteiger partial charge in [0.2, 0.25) is 5.91 Å². The number of rotatable bonds is 4. The molecular formula is C13H17N3O. The van der Waals surface area contributed by atoms with E-state index in [2.05, 4.69) is 16.4 Å². The number of hydrogen-bond acceptors (Lipinski definition) is 3. The molecule has 2 rings (SSSR count). The molecule has 0 saturated heterocycles. The lowest BCUT2D eigenvalue weighted by Crippen LogP contribution is -2.23. The summed E-state index contributed by atoms with van der Waals surface area (Å²) in [5, 5.41) is 2.87. The second-order valence-electron chi connectivity index (χ2n) is 4.26. The van der Waals surface area contributed by atoms with Crippen LogP contribution in [-0.2, 0) is 11.3 Å². The molecule has 0 atom stereocenters. The van der Waals surface area contributed by atoms with Gasteiger partial charge in [-0.25, -0.2) is 4.98 Å². The Hall–Kier alpha value is -1.84. The van der Waals surface area contributed by atoms with Gasteiger partial charge in [0.25, 0.3) is 0 Å². The van der Waals surface area contributed by atoms with E-state index >= 15 is 0 Å². The fraction of sp³-hybridized carbons (Fsp3) is 0.385. The first kappa shape index (κ1) is 11.6. The molecule has 0 spiro atoms. The Balaban J connectivity index is 1.82. The summed E-state index contributed by atoms with van der Waals surface area (Å²) in [5.74, 6) is 0.536. The number of nitrogen functional groups attached to an aromatic ring is 1. The topological polar surface area (TPSA) is 68.0 Å². The standard InChI is InChI=1S/C13H17N3O/c14-13-11(6-3-7-15-13)9-16-12(17)8-10-4-1-2-5-10/h3-4,6-7H,1-2,5,8-9H2,(H2,14,15)(H,16,17). The van der Waals surface area contributed by atoms with Gasteiger partial charge in [-0.2, -0.15) is 0 Å². The van der Waals surface area contributed by atoms with Gasteiger partial charge in [-0.15, -0.1) is 0 Å². The summed E-state index contributed by atoms with van der Waals surface area (Å²) in [6, 6.07) is 3.69. The summed E-state index contributed by atoms with van der Waals surface area (Å²) in [4.78, 5) is 15.6. The Morgan fingerprint density at radius 2 is 2.41 bits per heavy atom. The summed E-state index contributed by atoms with van der Waals surface area (Å²) >= 11 is 0. The molecule has 0 aliphatic heterocycles. The van der Waals surface area contributed by atoms with Crippen molar-refractivity contribution in [3.63, 3.8) is 0 Å². The van der Waals surface area contributed by atoms with Crippen LogP contribution in [0, 0.1) is 0 Å². The molecule has 0 fully saturated rings. The first-order chi connectivity index (χ1) is 8.25. The van der Waals surface area contributed by atoms with Gasteiger partial charge in [-0.1, -0.05) is 17.7 Å². The zero-order valence-corrected chi connectivity index (χ0v) is 9.78. The number of carbonyl (C=O) groups excluding carboxylic acids is 1. The van der Waals surface area contributed by atoms with Crippen LogP contribution in [0.3, 0.4) is 0 Å². The van der Waals surface area contributed by atoms with E-state index in [-0.39, 0.29) is 5.91 Å². The van der Waals surface area contributed by atoms with Gasteiger partial charge < -0.3 is 11.1 Å². The SMILES string of the molecule is Nc1ncccc1CNC(=O)CC1=CCCC1. The number of nitrogens with one attached hydrogen (secondary N) is 1.